The standard InChI is InChI=1S/C19H27NO4/c1-13(2)15-10-14-11-16(24-3)8-9-17(14)20(12-15)18(21)6-4-5-7-19(22)23/h8-9,11,13,15H,4-7,10,12H2,1-3H3,(H,22,23). The van der Waals surface area contributed by atoms with E-state index in [-0.39, 0.29) is 12.3 Å². The highest BCUT2D eigenvalue weighted by Gasteiger charge is 2.30. The van der Waals surface area contributed by atoms with E-state index in [9.17, 15) is 9.59 Å². The molecule has 0 bridgehead atoms. The first-order chi connectivity index (χ1) is 11.4. The molecule has 132 valence electrons. The van der Waals surface area contributed by atoms with Crippen molar-refractivity contribution < 1.29 is 19.4 Å². The van der Waals surface area contributed by atoms with Crippen LogP contribution >= 0.6 is 0 Å². The number of unbranched alkanes of at least 4 members (excludes halogenated alkanes) is 1. The average molecular weight is 333 g/mol. The number of hydrogen-bond donors (Lipinski definition) is 1. The largest absolute Gasteiger partial charge is 0.497 e. The van der Waals surface area contributed by atoms with Crippen molar-refractivity contribution in [1.82, 2.24) is 0 Å². The maximum absolute atomic E-state index is 12.7. The van der Waals surface area contributed by atoms with Gasteiger partial charge in [0, 0.05) is 25.1 Å². The first kappa shape index (κ1) is 18.3. The van der Waals surface area contributed by atoms with E-state index in [2.05, 4.69) is 13.8 Å². The molecule has 0 radical (unpaired) electrons. The highest BCUT2D eigenvalue weighted by molar-refractivity contribution is 5.94. The third-order valence-corrected chi connectivity index (χ3v) is 4.75. The van der Waals surface area contributed by atoms with Gasteiger partial charge in [0.1, 0.15) is 5.75 Å². The molecule has 5 nitrogen and oxygen atoms in total. The van der Waals surface area contributed by atoms with Crippen LogP contribution in [0.4, 0.5) is 5.69 Å². The molecule has 1 N–H and O–H groups in total. The van der Waals surface area contributed by atoms with Crippen molar-refractivity contribution in [2.45, 2.75) is 46.0 Å². The Balaban J connectivity index is 2.13. The summed E-state index contributed by atoms with van der Waals surface area (Å²) >= 11 is 0. The number of nitrogens with zero attached hydrogens (tertiary/aromatic N) is 1. The highest BCUT2D eigenvalue weighted by Crippen LogP contribution is 2.35. The first-order valence-corrected chi connectivity index (χ1v) is 8.61. The van der Waals surface area contributed by atoms with Gasteiger partial charge in [-0.25, -0.2) is 0 Å². The van der Waals surface area contributed by atoms with Gasteiger partial charge in [0.15, 0.2) is 0 Å². The van der Waals surface area contributed by atoms with Crippen molar-refractivity contribution in [3.05, 3.63) is 23.8 Å². The van der Waals surface area contributed by atoms with Crippen LogP contribution in [0.1, 0.15) is 45.1 Å². The number of rotatable bonds is 7. The van der Waals surface area contributed by atoms with Crippen molar-refractivity contribution in [3.63, 3.8) is 0 Å². The molecule has 1 aliphatic rings. The van der Waals surface area contributed by atoms with Gasteiger partial charge in [-0.1, -0.05) is 13.8 Å². The zero-order valence-corrected chi connectivity index (χ0v) is 14.7. The zero-order valence-electron chi connectivity index (χ0n) is 14.7. The van der Waals surface area contributed by atoms with Gasteiger partial charge in [0.2, 0.25) is 5.91 Å². The molecular weight excluding hydrogens is 306 g/mol. The lowest BCUT2D eigenvalue weighted by atomic mass is 9.84. The van der Waals surface area contributed by atoms with Gasteiger partial charge in [-0.2, -0.15) is 0 Å². The number of carbonyl (C=O) groups excluding carboxylic acids is 1. The molecule has 1 heterocycles. The highest BCUT2D eigenvalue weighted by atomic mass is 16.5. The van der Waals surface area contributed by atoms with E-state index >= 15 is 0 Å². The number of hydrogen-bond acceptors (Lipinski definition) is 3. The smallest absolute Gasteiger partial charge is 0.303 e. The summed E-state index contributed by atoms with van der Waals surface area (Å²) < 4.78 is 5.31. The van der Waals surface area contributed by atoms with Gasteiger partial charge in [0.05, 0.1) is 7.11 Å². The monoisotopic (exact) mass is 333 g/mol. The van der Waals surface area contributed by atoms with Crippen molar-refractivity contribution in [2.24, 2.45) is 11.8 Å². The summed E-state index contributed by atoms with van der Waals surface area (Å²) in [5.41, 5.74) is 2.12. The lowest BCUT2D eigenvalue weighted by molar-refractivity contribution is -0.137. The molecular formula is C19H27NO4. The van der Waals surface area contributed by atoms with E-state index < -0.39 is 5.97 Å². The first-order valence-electron chi connectivity index (χ1n) is 8.61. The SMILES string of the molecule is COc1ccc2c(c1)CC(C(C)C)CN2C(=O)CCCCC(=O)O. The predicted octanol–water partition coefficient (Wildman–Crippen LogP) is 3.50. The number of aliphatic carboxylic acids is 1. The molecule has 1 unspecified atom stereocenters. The number of carbonyl (C=O) groups is 2. The van der Waals surface area contributed by atoms with Crippen LogP contribution in [-0.2, 0) is 16.0 Å². The Bertz CT molecular complexity index is 597. The van der Waals surface area contributed by atoms with Crippen LogP contribution in [0.25, 0.3) is 0 Å². The Kier molecular flexibility index (Phi) is 6.23. The maximum atomic E-state index is 12.7. The summed E-state index contributed by atoms with van der Waals surface area (Å²) in [7, 11) is 1.65. The van der Waals surface area contributed by atoms with Crippen LogP contribution < -0.4 is 9.64 Å². The third-order valence-electron chi connectivity index (χ3n) is 4.75. The molecule has 0 fully saturated rings. The number of ether oxygens (including phenoxy) is 1. The molecule has 24 heavy (non-hydrogen) atoms. The van der Waals surface area contributed by atoms with Crippen LogP contribution in [0.5, 0.6) is 5.75 Å². The van der Waals surface area contributed by atoms with Crippen LogP contribution in [0.2, 0.25) is 0 Å². The van der Waals surface area contributed by atoms with E-state index in [1.165, 1.54) is 0 Å². The Morgan fingerprint density at radius 2 is 2.00 bits per heavy atom. The minimum atomic E-state index is -0.808. The van der Waals surface area contributed by atoms with Gasteiger partial charge in [-0.3, -0.25) is 9.59 Å². The third kappa shape index (κ3) is 4.49. The van der Waals surface area contributed by atoms with Crippen molar-refractivity contribution in [1.29, 1.82) is 0 Å². The number of methoxy groups -OCH3 is 1. The number of benzene rings is 1. The zero-order chi connectivity index (χ0) is 17.7. The van der Waals surface area contributed by atoms with E-state index in [0.717, 1.165) is 30.0 Å². The lowest BCUT2D eigenvalue weighted by Gasteiger charge is -2.36. The topological polar surface area (TPSA) is 66.8 Å². The summed E-state index contributed by atoms with van der Waals surface area (Å²) in [5.74, 6) is 1.00. The summed E-state index contributed by atoms with van der Waals surface area (Å²) in [6.45, 7) is 5.10. The van der Waals surface area contributed by atoms with E-state index in [1.807, 2.05) is 23.1 Å². The fourth-order valence-corrected chi connectivity index (χ4v) is 3.17. The second-order valence-corrected chi connectivity index (χ2v) is 6.81. The molecule has 0 aromatic heterocycles. The van der Waals surface area contributed by atoms with Crippen molar-refractivity contribution >= 4 is 17.6 Å². The molecule has 1 atom stereocenters. The molecule has 5 heteroatoms. The Morgan fingerprint density at radius 3 is 2.62 bits per heavy atom. The fourth-order valence-electron chi connectivity index (χ4n) is 3.17. The van der Waals surface area contributed by atoms with E-state index in [1.54, 1.807) is 7.11 Å². The average Bonchev–Trinajstić information content (AvgIpc) is 2.56. The Labute approximate surface area is 143 Å². The van der Waals surface area contributed by atoms with E-state index in [0.29, 0.717) is 31.1 Å². The molecule has 0 aliphatic carbocycles. The molecule has 0 saturated heterocycles. The summed E-state index contributed by atoms with van der Waals surface area (Å²) in [6.07, 6.45) is 2.61. The molecule has 1 amide bonds. The summed E-state index contributed by atoms with van der Waals surface area (Å²) in [5, 5.41) is 8.70. The van der Waals surface area contributed by atoms with Crippen LogP contribution in [0.15, 0.2) is 18.2 Å². The second kappa shape index (κ2) is 8.18. The van der Waals surface area contributed by atoms with Gasteiger partial charge in [-0.05, 0) is 54.9 Å². The quantitative estimate of drug-likeness (QED) is 0.776. The predicted molar refractivity (Wildman–Crippen MR) is 93.5 cm³/mol. The van der Waals surface area contributed by atoms with Gasteiger partial charge < -0.3 is 14.7 Å². The number of carboxylic acid groups (broad SMARTS) is 1. The van der Waals surface area contributed by atoms with Gasteiger partial charge in [-0.15, -0.1) is 0 Å². The number of amides is 1. The van der Waals surface area contributed by atoms with Crippen LogP contribution in [0, 0.1) is 11.8 Å². The van der Waals surface area contributed by atoms with Crippen LogP contribution in [0.3, 0.4) is 0 Å². The summed E-state index contributed by atoms with van der Waals surface area (Å²) in [4.78, 5) is 25.1. The molecule has 1 aromatic rings. The Hall–Kier alpha value is -2.04. The normalized spacial score (nSPS) is 16.8. The fraction of sp³-hybridized carbons (Fsp3) is 0.579. The number of fused-ring (bicyclic) bond motifs is 1. The number of carboxylic acids is 1. The minimum absolute atomic E-state index is 0.0807. The molecule has 0 spiro atoms. The number of anilines is 1. The molecule has 0 saturated carbocycles. The van der Waals surface area contributed by atoms with Crippen molar-refractivity contribution in [3.8, 4) is 5.75 Å². The maximum Gasteiger partial charge on any atom is 0.303 e. The summed E-state index contributed by atoms with van der Waals surface area (Å²) in [6, 6.07) is 5.87. The van der Waals surface area contributed by atoms with Gasteiger partial charge in [0.25, 0.3) is 0 Å². The van der Waals surface area contributed by atoms with Crippen molar-refractivity contribution in [2.75, 3.05) is 18.6 Å². The lowest BCUT2D eigenvalue weighted by Crippen LogP contribution is -2.41. The second-order valence-electron chi connectivity index (χ2n) is 6.81. The molecule has 1 aliphatic heterocycles. The van der Waals surface area contributed by atoms with E-state index in [4.69, 9.17) is 9.84 Å². The van der Waals surface area contributed by atoms with Gasteiger partial charge >= 0.3 is 5.97 Å². The molecule has 1 aromatic carbocycles. The molecule has 2 rings (SSSR count). The Morgan fingerprint density at radius 1 is 1.29 bits per heavy atom. The van der Waals surface area contributed by atoms with Crippen LogP contribution in [-0.4, -0.2) is 30.6 Å². The minimum Gasteiger partial charge on any atom is -0.497 e.